The Morgan fingerprint density at radius 1 is 0.950 bits per heavy atom. The molecule has 0 rings (SSSR count). The summed E-state index contributed by atoms with van der Waals surface area (Å²) in [5.74, 6) is 3.12. The van der Waals surface area contributed by atoms with Crippen LogP contribution in [0.5, 0.6) is 0 Å². The van der Waals surface area contributed by atoms with Gasteiger partial charge in [-0.15, -0.1) is 0 Å². The molecule has 0 aromatic heterocycles. The Hall–Kier alpha value is -1.30. The van der Waals surface area contributed by atoms with Crippen molar-refractivity contribution in [1.82, 2.24) is 0 Å². The minimum absolute atomic E-state index is 0. The lowest BCUT2D eigenvalue weighted by Crippen LogP contribution is -2.50. The third-order valence-corrected chi connectivity index (χ3v) is 1.83. The van der Waals surface area contributed by atoms with Crippen molar-refractivity contribution >= 4 is 11.9 Å². The summed E-state index contributed by atoms with van der Waals surface area (Å²) in [5.41, 5.74) is 3.94. The van der Waals surface area contributed by atoms with Crippen molar-refractivity contribution in [3.8, 4) is 0 Å². The van der Waals surface area contributed by atoms with Crippen molar-refractivity contribution in [2.24, 2.45) is 11.6 Å². The van der Waals surface area contributed by atoms with Gasteiger partial charge >= 0.3 is 11.9 Å². The molecule has 10 heteroatoms. The molecular weight excluding hydrogens is 276 g/mol. The summed E-state index contributed by atoms with van der Waals surface area (Å²) in [6.07, 6.45) is -0.286. The van der Waals surface area contributed by atoms with Crippen LogP contribution in [0.25, 0.3) is 0 Å². The zero-order valence-corrected chi connectivity index (χ0v) is 10.3. The number of ether oxygens (including phenoxy) is 1. The normalized spacial score (nSPS) is 9.70. The predicted octanol–water partition coefficient (Wildman–Crippen LogP) is -3.03. The van der Waals surface area contributed by atoms with Gasteiger partial charge in [0.2, 0.25) is 0 Å². The topological polar surface area (TPSA) is 186 Å². The van der Waals surface area contributed by atoms with E-state index in [1.165, 1.54) is 0 Å². The zero-order valence-electron chi connectivity index (χ0n) is 10.3. The highest BCUT2D eigenvalue weighted by atomic mass is 16.7. The molecule has 8 N–H and O–H groups in total. The molecular formula is C10H24N2O8. The molecule has 0 aliphatic carbocycles. The van der Waals surface area contributed by atoms with Gasteiger partial charge in [0.15, 0.2) is 6.79 Å². The van der Waals surface area contributed by atoms with E-state index in [1.54, 1.807) is 0 Å². The SMILES string of the molecule is C.NC(CO)(CO)CO.NOC(=O)CCC(=O)OCO. The third kappa shape index (κ3) is 13.1. The fourth-order valence-corrected chi connectivity index (χ4v) is 0.557. The molecule has 0 aliphatic heterocycles. The zero-order chi connectivity index (χ0) is 15.3. The lowest BCUT2D eigenvalue weighted by Gasteiger charge is -2.20. The van der Waals surface area contributed by atoms with Gasteiger partial charge in [0.1, 0.15) is 0 Å². The summed E-state index contributed by atoms with van der Waals surface area (Å²) in [6, 6.07) is 0. The molecule has 0 saturated heterocycles. The molecule has 0 amide bonds. The van der Waals surface area contributed by atoms with Gasteiger partial charge in [-0.25, -0.2) is 0 Å². The first kappa shape index (κ1) is 23.8. The molecule has 0 unspecified atom stereocenters. The molecule has 0 bridgehead atoms. The van der Waals surface area contributed by atoms with Crippen molar-refractivity contribution in [1.29, 1.82) is 0 Å². The molecule has 0 fully saturated rings. The maximum absolute atomic E-state index is 10.4. The first-order chi connectivity index (χ1) is 8.88. The summed E-state index contributed by atoms with van der Waals surface area (Å²) in [6.45, 7) is -1.89. The van der Waals surface area contributed by atoms with Gasteiger partial charge in [0, 0.05) is 0 Å². The van der Waals surface area contributed by atoms with Crippen molar-refractivity contribution in [2.45, 2.75) is 25.8 Å². The number of hydrogen-bond acceptors (Lipinski definition) is 10. The Morgan fingerprint density at radius 2 is 1.35 bits per heavy atom. The first-order valence-corrected chi connectivity index (χ1v) is 5.16. The molecule has 0 heterocycles. The predicted molar refractivity (Wildman–Crippen MR) is 67.6 cm³/mol. The number of aliphatic hydroxyl groups excluding tert-OH is 4. The minimum Gasteiger partial charge on any atom is -0.439 e. The molecule has 10 nitrogen and oxygen atoms in total. The van der Waals surface area contributed by atoms with E-state index in [9.17, 15) is 9.59 Å². The van der Waals surface area contributed by atoms with E-state index < -0.39 is 44.1 Å². The first-order valence-electron chi connectivity index (χ1n) is 5.16. The number of esters is 1. The largest absolute Gasteiger partial charge is 0.439 e. The Bertz CT molecular complexity index is 249. The lowest BCUT2D eigenvalue weighted by molar-refractivity contribution is -0.155. The highest BCUT2D eigenvalue weighted by Gasteiger charge is 2.20. The van der Waals surface area contributed by atoms with Crippen molar-refractivity contribution in [3.63, 3.8) is 0 Å². The molecule has 122 valence electrons. The molecule has 20 heavy (non-hydrogen) atoms. The number of hydrogen-bond donors (Lipinski definition) is 6. The highest BCUT2D eigenvalue weighted by Crippen LogP contribution is 1.93. The van der Waals surface area contributed by atoms with Gasteiger partial charge in [-0.1, -0.05) is 7.43 Å². The number of carbonyl (C=O) groups is 2. The smallest absolute Gasteiger partial charge is 0.325 e. The fraction of sp³-hybridized carbons (Fsp3) is 0.800. The number of carbonyl (C=O) groups excluding carboxylic acids is 2. The second-order valence-electron chi connectivity index (χ2n) is 3.47. The Morgan fingerprint density at radius 3 is 1.60 bits per heavy atom. The van der Waals surface area contributed by atoms with Crippen LogP contribution in [0.2, 0.25) is 0 Å². The summed E-state index contributed by atoms with van der Waals surface area (Å²) in [4.78, 5) is 24.5. The molecule has 0 aromatic carbocycles. The Balaban J connectivity index is -0.000000288. The van der Waals surface area contributed by atoms with E-state index >= 15 is 0 Å². The number of rotatable bonds is 7. The van der Waals surface area contributed by atoms with Gasteiger partial charge in [-0.05, 0) is 0 Å². The van der Waals surface area contributed by atoms with Crippen LogP contribution in [0.3, 0.4) is 0 Å². The van der Waals surface area contributed by atoms with Crippen molar-refractivity contribution in [2.75, 3.05) is 26.6 Å². The molecule has 0 radical (unpaired) electrons. The quantitative estimate of drug-likeness (QED) is 0.160. The second-order valence-corrected chi connectivity index (χ2v) is 3.47. The van der Waals surface area contributed by atoms with Crippen LogP contribution in [0.15, 0.2) is 0 Å². The van der Waals surface area contributed by atoms with Gasteiger partial charge in [-0.2, -0.15) is 5.90 Å². The van der Waals surface area contributed by atoms with E-state index in [-0.39, 0.29) is 20.3 Å². The summed E-state index contributed by atoms with van der Waals surface area (Å²) >= 11 is 0. The fourth-order valence-electron chi connectivity index (χ4n) is 0.557. The van der Waals surface area contributed by atoms with Gasteiger partial charge in [0.05, 0.1) is 38.2 Å². The van der Waals surface area contributed by atoms with Crippen LogP contribution >= 0.6 is 0 Å². The second kappa shape index (κ2) is 14.1. The summed E-state index contributed by atoms with van der Waals surface area (Å²) in [5, 5.41) is 33.1. The Labute approximate surface area is 116 Å². The average molecular weight is 300 g/mol. The van der Waals surface area contributed by atoms with Gasteiger partial charge < -0.3 is 35.7 Å². The van der Waals surface area contributed by atoms with E-state index in [2.05, 4.69) is 15.5 Å². The summed E-state index contributed by atoms with van der Waals surface area (Å²) < 4.78 is 4.10. The molecule has 0 spiro atoms. The highest BCUT2D eigenvalue weighted by molar-refractivity contribution is 5.77. The monoisotopic (exact) mass is 300 g/mol. The van der Waals surface area contributed by atoms with Crippen LogP contribution in [0.1, 0.15) is 20.3 Å². The van der Waals surface area contributed by atoms with E-state index in [0.717, 1.165) is 0 Å². The molecule has 0 atom stereocenters. The molecule has 0 saturated carbocycles. The number of nitrogens with two attached hydrogens (primary N) is 2. The Kier molecular flexibility index (Phi) is 16.8. The maximum atomic E-state index is 10.4. The van der Waals surface area contributed by atoms with Crippen molar-refractivity contribution in [3.05, 3.63) is 0 Å². The van der Waals surface area contributed by atoms with Gasteiger partial charge in [0.25, 0.3) is 0 Å². The van der Waals surface area contributed by atoms with Crippen LogP contribution in [-0.2, 0) is 19.2 Å². The molecule has 0 aliphatic rings. The third-order valence-electron chi connectivity index (χ3n) is 1.83. The summed E-state index contributed by atoms with van der Waals surface area (Å²) in [7, 11) is 0. The van der Waals surface area contributed by atoms with Gasteiger partial charge in [-0.3, -0.25) is 9.59 Å². The number of aliphatic hydroxyl groups is 4. The minimum atomic E-state index is -1.21. The maximum Gasteiger partial charge on any atom is 0.325 e. The van der Waals surface area contributed by atoms with Crippen LogP contribution in [-0.4, -0.2) is 64.5 Å². The lowest BCUT2D eigenvalue weighted by atomic mass is 10.1. The van der Waals surface area contributed by atoms with E-state index in [0.29, 0.717) is 0 Å². The van der Waals surface area contributed by atoms with E-state index in [1.807, 2.05) is 0 Å². The van der Waals surface area contributed by atoms with Crippen molar-refractivity contribution < 1.29 is 39.6 Å². The molecule has 0 aromatic rings. The standard InChI is InChI=1S/C5H9NO5.C4H11NO3.CH4/c6-11-5(9)2-1-4(8)10-3-7;5-4(1-6,2-7)3-8;/h7H,1-3,6H2;6-8H,1-3,5H2;1H4. The van der Waals surface area contributed by atoms with E-state index in [4.69, 9.17) is 26.2 Å². The average Bonchev–Trinajstić information content (AvgIpc) is 2.44. The van der Waals surface area contributed by atoms with Crippen LogP contribution in [0.4, 0.5) is 0 Å². The van der Waals surface area contributed by atoms with Crippen LogP contribution < -0.4 is 11.6 Å². The van der Waals surface area contributed by atoms with Crippen LogP contribution in [0, 0.1) is 0 Å².